The Kier molecular flexibility index (Phi) is 4.34. The van der Waals surface area contributed by atoms with Crippen molar-refractivity contribution in [3.63, 3.8) is 0 Å². The van der Waals surface area contributed by atoms with E-state index in [1.807, 2.05) is 24.3 Å². The van der Waals surface area contributed by atoms with Gasteiger partial charge in [-0.2, -0.15) is 0 Å². The van der Waals surface area contributed by atoms with E-state index in [-0.39, 0.29) is 17.2 Å². The van der Waals surface area contributed by atoms with Gasteiger partial charge in [-0.1, -0.05) is 24.3 Å². The third-order valence-corrected chi connectivity index (χ3v) is 4.98. The van der Waals surface area contributed by atoms with Gasteiger partial charge in [-0.3, -0.25) is 14.9 Å². The first-order chi connectivity index (χ1) is 11.1. The third-order valence-electron chi connectivity index (χ3n) is 3.84. The van der Waals surface area contributed by atoms with Crippen LogP contribution in [0.3, 0.4) is 0 Å². The summed E-state index contributed by atoms with van der Waals surface area (Å²) in [6, 6.07) is 12.6. The van der Waals surface area contributed by atoms with Crippen molar-refractivity contribution in [2.45, 2.75) is 18.2 Å². The Balaban J connectivity index is 2.08. The normalized spacial score (nSPS) is 14.0. The van der Waals surface area contributed by atoms with Gasteiger partial charge >= 0.3 is 0 Å². The van der Waals surface area contributed by atoms with E-state index in [1.54, 1.807) is 35.7 Å². The average molecular weight is 328 g/mol. The molecule has 0 bridgehead atoms. The van der Waals surface area contributed by atoms with Crippen molar-refractivity contribution in [3.05, 3.63) is 63.7 Å². The van der Waals surface area contributed by atoms with E-state index in [1.165, 1.54) is 6.07 Å². The van der Waals surface area contributed by atoms with Crippen LogP contribution < -0.4 is 4.90 Å². The molecule has 2 aromatic rings. The fourth-order valence-electron chi connectivity index (χ4n) is 2.76. The maximum Gasteiger partial charge on any atom is 0.285 e. The zero-order valence-electron chi connectivity index (χ0n) is 12.7. The van der Waals surface area contributed by atoms with E-state index in [9.17, 15) is 14.9 Å². The number of nitrogens with zero attached hydrogens (tertiary/aromatic N) is 2. The second-order valence-electron chi connectivity index (χ2n) is 5.35. The number of hydrogen-bond donors (Lipinski definition) is 0. The van der Waals surface area contributed by atoms with Crippen LogP contribution in [0.15, 0.2) is 47.4 Å². The lowest BCUT2D eigenvalue weighted by molar-refractivity contribution is -0.385. The smallest absolute Gasteiger partial charge is 0.285 e. The van der Waals surface area contributed by atoms with Crippen molar-refractivity contribution in [1.29, 1.82) is 0 Å². The first-order valence-corrected chi connectivity index (χ1v) is 8.36. The summed E-state index contributed by atoms with van der Waals surface area (Å²) < 4.78 is 0. The van der Waals surface area contributed by atoms with Gasteiger partial charge in [-0.25, -0.2) is 0 Å². The van der Waals surface area contributed by atoms with E-state index in [2.05, 4.69) is 0 Å². The van der Waals surface area contributed by atoms with Gasteiger partial charge in [-0.15, -0.1) is 11.8 Å². The predicted octanol–water partition coefficient (Wildman–Crippen LogP) is 4.05. The van der Waals surface area contributed by atoms with E-state index in [4.69, 9.17) is 0 Å². The fraction of sp³-hybridized carbons (Fsp3) is 0.235. The summed E-state index contributed by atoms with van der Waals surface area (Å²) in [7, 11) is 0. The highest BCUT2D eigenvalue weighted by Gasteiger charge is 2.29. The van der Waals surface area contributed by atoms with Crippen LogP contribution in [0, 0.1) is 17.0 Å². The number of nitro benzene ring substituents is 1. The van der Waals surface area contributed by atoms with E-state index < -0.39 is 4.92 Å². The van der Waals surface area contributed by atoms with Gasteiger partial charge < -0.3 is 4.90 Å². The molecule has 2 aromatic carbocycles. The highest BCUT2D eigenvalue weighted by atomic mass is 32.2. The quantitative estimate of drug-likeness (QED) is 0.616. The second kappa shape index (κ2) is 6.42. The van der Waals surface area contributed by atoms with Crippen molar-refractivity contribution in [2.75, 3.05) is 17.2 Å². The van der Waals surface area contributed by atoms with E-state index in [0.717, 1.165) is 22.8 Å². The maximum atomic E-state index is 13.0. The van der Waals surface area contributed by atoms with Crippen molar-refractivity contribution in [3.8, 4) is 0 Å². The Morgan fingerprint density at radius 2 is 2.00 bits per heavy atom. The summed E-state index contributed by atoms with van der Waals surface area (Å²) >= 11 is 1.71. The van der Waals surface area contributed by atoms with Crippen molar-refractivity contribution in [1.82, 2.24) is 0 Å². The van der Waals surface area contributed by atoms with Crippen molar-refractivity contribution in [2.24, 2.45) is 0 Å². The van der Waals surface area contributed by atoms with Crippen LogP contribution in [0.2, 0.25) is 0 Å². The van der Waals surface area contributed by atoms with Crippen LogP contribution >= 0.6 is 11.8 Å². The van der Waals surface area contributed by atoms with Crippen LogP contribution in [0.1, 0.15) is 22.3 Å². The molecule has 0 aromatic heterocycles. The molecule has 118 valence electrons. The number of aryl methyl sites for hydroxylation is 1. The molecule has 0 saturated carbocycles. The molecule has 1 amide bonds. The highest BCUT2D eigenvalue weighted by molar-refractivity contribution is 7.99. The van der Waals surface area contributed by atoms with Gasteiger partial charge in [-0.05, 0) is 37.3 Å². The number of rotatable bonds is 2. The molecule has 0 radical (unpaired) electrons. The molecule has 0 spiro atoms. The minimum absolute atomic E-state index is 0.105. The van der Waals surface area contributed by atoms with Crippen LogP contribution in [-0.4, -0.2) is 23.1 Å². The Morgan fingerprint density at radius 3 is 2.78 bits per heavy atom. The SMILES string of the molecule is Cc1cccc(C(=O)N2CCCSc3ccccc32)c1[N+](=O)[O-]. The topological polar surface area (TPSA) is 63.5 Å². The highest BCUT2D eigenvalue weighted by Crippen LogP contribution is 2.35. The monoisotopic (exact) mass is 328 g/mol. The molecule has 0 N–H and O–H groups in total. The molecular formula is C17H16N2O3S. The van der Waals surface area contributed by atoms with Crippen molar-refractivity contribution >= 4 is 29.0 Å². The zero-order valence-corrected chi connectivity index (χ0v) is 13.5. The number of fused-ring (bicyclic) bond motifs is 1. The van der Waals surface area contributed by atoms with Crippen LogP contribution in [0.5, 0.6) is 0 Å². The summed E-state index contributed by atoms with van der Waals surface area (Å²) in [6.45, 7) is 2.22. The van der Waals surface area contributed by atoms with Crippen molar-refractivity contribution < 1.29 is 9.72 Å². The summed E-state index contributed by atoms with van der Waals surface area (Å²) in [5.41, 5.74) is 1.37. The fourth-order valence-corrected chi connectivity index (χ4v) is 3.75. The molecule has 0 aliphatic carbocycles. The number of hydrogen-bond acceptors (Lipinski definition) is 4. The molecule has 23 heavy (non-hydrogen) atoms. The number of amides is 1. The molecule has 0 atom stereocenters. The summed E-state index contributed by atoms with van der Waals surface area (Å²) in [5.74, 6) is 0.617. The number of anilines is 1. The molecule has 0 saturated heterocycles. The molecular weight excluding hydrogens is 312 g/mol. The second-order valence-corrected chi connectivity index (χ2v) is 6.49. The number of carbonyl (C=O) groups is 1. The standard InChI is InChI=1S/C17H16N2O3S/c1-12-6-4-7-13(16(12)19(21)22)17(20)18-10-5-11-23-15-9-3-2-8-14(15)18/h2-4,6-9H,5,10-11H2,1H3. The number of carbonyl (C=O) groups excluding carboxylic acids is 1. The number of para-hydroxylation sites is 2. The Bertz CT molecular complexity index is 776. The molecule has 1 heterocycles. The summed E-state index contributed by atoms with van der Waals surface area (Å²) in [4.78, 5) is 26.6. The maximum absolute atomic E-state index is 13.0. The first-order valence-electron chi connectivity index (χ1n) is 7.37. The molecule has 0 fully saturated rings. The van der Waals surface area contributed by atoms with Gasteiger partial charge in [0.25, 0.3) is 11.6 Å². The lowest BCUT2D eigenvalue weighted by Gasteiger charge is -2.22. The summed E-state index contributed by atoms with van der Waals surface area (Å²) in [5, 5.41) is 11.4. The first kappa shape index (κ1) is 15.6. The molecule has 0 unspecified atom stereocenters. The molecule has 1 aliphatic rings. The molecule has 6 heteroatoms. The van der Waals surface area contributed by atoms with Crippen LogP contribution in [0.25, 0.3) is 0 Å². The van der Waals surface area contributed by atoms with Gasteiger partial charge in [0.2, 0.25) is 0 Å². The van der Waals surface area contributed by atoms with Gasteiger partial charge in [0.05, 0.1) is 10.6 Å². The third kappa shape index (κ3) is 2.94. The lowest BCUT2D eigenvalue weighted by Crippen LogP contribution is -2.32. The minimum atomic E-state index is -0.471. The molecule has 3 rings (SSSR count). The van der Waals surface area contributed by atoms with E-state index in [0.29, 0.717) is 12.1 Å². The largest absolute Gasteiger partial charge is 0.307 e. The summed E-state index contributed by atoms with van der Waals surface area (Å²) in [6.07, 6.45) is 0.852. The molecule has 1 aliphatic heterocycles. The predicted molar refractivity (Wildman–Crippen MR) is 91.3 cm³/mol. The number of benzene rings is 2. The van der Waals surface area contributed by atoms with E-state index >= 15 is 0 Å². The Labute approximate surface area is 138 Å². The average Bonchev–Trinajstić information content (AvgIpc) is 2.76. The van der Waals surface area contributed by atoms with Gasteiger partial charge in [0, 0.05) is 17.0 Å². The van der Waals surface area contributed by atoms with Gasteiger partial charge in [0.1, 0.15) is 5.56 Å². The lowest BCUT2D eigenvalue weighted by atomic mass is 10.1. The number of thioether (sulfide) groups is 1. The van der Waals surface area contributed by atoms with Gasteiger partial charge in [0.15, 0.2) is 0 Å². The zero-order chi connectivity index (χ0) is 16.4. The Morgan fingerprint density at radius 1 is 1.22 bits per heavy atom. The van der Waals surface area contributed by atoms with Crippen LogP contribution in [-0.2, 0) is 0 Å². The molecule has 5 nitrogen and oxygen atoms in total. The van der Waals surface area contributed by atoms with Crippen LogP contribution in [0.4, 0.5) is 11.4 Å². The Hall–Kier alpha value is -2.34. The minimum Gasteiger partial charge on any atom is -0.307 e. The number of nitro groups is 1.